The lowest BCUT2D eigenvalue weighted by Crippen LogP contribution is -2.49. The number of hydrogen-bond acceptors (Lipinski definition) is 5. The van der Waals surface area contributed by atoms with Crippen molar-refractivity contribution in [2.75, 3.05) is 6.67 Å². The van der Waals surface area contributed by atoms with Crippen LogP contribution in [0.5, 0.6) is 0 Å². The zero-order valence-corrected chi connectivity index (χ0v) is 18.6. The molecule has 2 atom stereocenters. The second-order valence-electron chi connectivity index (χ2n) is 7.82. The summed E-state index contributed by atoms with van der Waals surface area (Å²) >= 11 is 6.12. The molecule has 0 fully saturated rings. The third kappa shape index (κ3) is 5.14. The smallest absolute Gasteiger partial charge is 0.419 e. The first-order valence-corrected chi connectivity index (χ1v) is 10.5. The minimum atomic E-state index is -1.57. The number of carbonyl (C=O) groups excluding carboxylic acids is 3. The van der Waals surface area contributed by atoms with Gasteiger partial charge in [0.05, 0.1) is 17.5 Å². The van der Waals surface area contributed by atoms with Crippen LogP contribution in [-0.2, 0) is 19.1 Å². The van der Waals surface area contributed by atoms with Crippen LogP contribution in [0.2, 0.25) is 5.02 Å². The number of ether oxygens (including phenoxy) is 1. The highest BCUT2D eigenvalue weighted by molar-refractivity contribution is 6.32. The summed E-state index contributed by atoms with van der Waals surface area (Å²) in [5.41, 5.74) is 1.06. The molecule has 0 aliphatic rings. The number of para-hydroxylation sites is 1. The van der Waals surface area contributed by atoms with Crippen molar-refractivity contribution < 1.29 is 33.4 Å². The molecule has 174 valence electrons. The lowest BCUT2D eigenvalue weighted by atomic mass is 10.0. The topological polar surface area (TPSA) is 115 Å². The molecule has 1 heterocycles. The number of amides is 1. The van der Waals surface area contributed by atoms with E-state index in [1.54, 1.807) is 44.2 Å². The number of nitrogens with one attached hydrogen (secondary N) is 1. The molecule has 1 amide bonds. The first-order chi connectivity index (χ1) is 15.6. The summed E-state index contributed by atoms with van der Waals surface area (Å²) in [4.78, 5) is 48.7. The molecule has 2 N–H and O–H groups in total. The Bertz CT molecular complexity index is 1240. The molecule has 8 nitrogen and oxygen atoms in total. The number of ketones is 1. The SMILES string of the molecule is CC(C)[C@H](OC(=O)n1c2ccccc2c2cc(Cl)ccc21)C(=O)NC(CC(=O)O)C(=O)CF. The number of carboxylic acids is 1. The first kappa shape index (κ1) is 24.2. The highest BCUT2D eigenvalue weighted by atomic mass is 35.5. The number of rotatable bonds is 8. The van der Waals surface area contributed by atoms with E-state index in [0.717, 1.165) is 10.8 Å². The Morgan fingerprint density at radius 1 is 1.09 bits per heavy atom. The van der Waals surface area contributed by atoms with Crippen LogP contribution in [0.3, 0.4) is 0 Å². The number of nitrogens with zero attached hydrogens (tertiary/aromatic N) is 1. The number of benzene rings is 2. The van der Waals surface area contributed by atoms with Crippen molar-refractivity contribution in [1.82, 2.24) is 9.88 Å². The largest absolute Gasteiger partial charge is 0.481 e. The zero-order valence-electron chi connectivity index (χ0n) is 17.9. The van der Waals surface area contributed by atoms with Crippen LogP contribution < -0.4 is 5.32 Å². The molecule has 3 aromatic rings. The molecule has 0 spiro atoms. The molecule has 0 saturated carbocycles. The van der Waals surface area contributed by atoms with Gasteiger partial charge in [0.15, 0.2) is 11.9 Å². The van der Waals surface area contributed by atoms with Crippen LogP contribution in [0, 0.1) is 5.92 Å². The molecule has 0 aliphatic carbocycles. The Hall–Kier alpha value is -3.46. The summed E-state index contributed by atoms with van der Waals surface area (Å²) in [5, 5.41) is 13.1. The number of carbonyl (C=O) groups is 4. The van der Waals surface area contributed by atoms with Crippen LogP contribution >= 0.6 is 11.6 Å². The first-order valence-electron chi connectivity index (χ1n) is 10.1. The van der Waals surface area contributed by atoms with E-state index in [1.165, 1.54) is 4.57 Å². The zero-order chi connectivity index (χ0) is 24.3. The van der Waals surface area contributed by atoms with Crippen LogP contribution in [0.4, 0.5) is 9.18 Å². The Morgan fingerprint density at radius 3 is 2.39 bits per heavy atom. The lowest BCUT2D eigenvalue weighted by molar-refractivity contribution is -0.141. The normalized spacial score (nSPS) is 13.1. The molecule has 0 saturated heterocycles. The lowest BCUT2D eigenvalue weighted by Gasteiger charge is -2.23. The fraction of sp³-hybridized carbons (Fsp3) is 0.304. The number of aromatic nitrogens is 1. The van der Waals surface area contributed by atoms with E-state index >= 15 is 0 Å². The fourth-order valence-electron chi connectivity index (χ4n) is 3.56. The molecule has 2 aromatic carbocycles. The number of hydrogen-bond donors (Lipinski definition) is 2. The quantitative estimate of drug-likeness (QED) is 0.508. The summed E-state index contributed by atoms with van der Waals surface area (Å²) in [6.07, 6.45) is -2.99. The number of fused-ring (bicyclic) bond motifs is 3. The van der Waals surface area contributed by atoms with Gasteiger partial charge >= 0.3 is 12.1 Å². The van der Waals surface area contributed by atoms with E-state index in [2.05, 4.69) is 5.32 Å². The van der Waals surface area contributed by atoms with Gasteiger partial charge in [0.2, 0.25) is 0 Å². The highest BCUT2D eigenvalue weighted by Crippen LogP contribution is 2.31. The van der Waals surface area contributed by atoms with Gasteiger partial charge in [-0.15, -0.1) is 0 Å². The third-order valence-corrected chi connectivity index (χ3v) is 5.36. The summed E-state index contributed by atoms with van der Waals surface area (Å²) < 4.78 is 19.6. The molecular formula is C23H22ClFN2O6. The molecular weight excluding hydrogens is 455 g/mol. The van der Waals surface area contributed by atoms with Crippen molar-refractivity contribution in [3.8, 4) is 0 Å². The second kappa shape index (κ2) is 9.99. The van der Waals surface area contributed by atoms with Crippen molar-refractivity contribution in [3.05, 3.63) is 47.5 Å². The summed E-state index contributed by atoms with van der Waals surface area (Å²) in [7, 11) is 0. The van der Waals surface area contributed by atoms with Gasteiger partial charge in [0.25, 0.3) is 5.91 Å². The number of Topliss-reactive ketones (excluding diaryl/α,β-unsaturated/α-hetero) is 1. The number of halogens is 2. The van der Waals surface area contributed by atoms with E-state index in [4.69, 9.17) is 21.4 Å². The van der Waals surface area contributed by atoms with Gasteiger partial charge in [-0.05, 0) is 30.2 Å². The van der Waals surface area contributed by atoms with E-state index < -0.39 is 54.9 Å². The second-order valence-corrected chi connectivity index (χ2v) is 8.26. The van der Waals surface area contributed by atoms with Crippen molar-refractivity contribution >= 4 is 57.2 Å². The van der Waals surface area contributed by atoms with E-state index in [1.807, 2.05) is 12.1 Å². The molecule has 1 aromatic heterocycles. The van der Waals surface area contributed by atoms with Crippen molar-refractivity contribution in [1.29, 1.82) is 0 Å². The fourth-order valence-corrected chi connectivity index (χ4v) is 3.73. The number of aliphatic carboxylic acids is 1. The van der Waals surface area contributed by atoms with Gasteiger partial charge in [-0.1, -0.05) is 43.6 Å². The maximum Gasteiger partial charge on any atom is 0.419 e. The molecule has 3 rings (SSSR count). The predicted octanol–water partition coefficient (Wildman–Crippen LogP) is 3.96. The molecule has 1 unspecified atom stereocenters. The monoisotopic (exact) mass is 476 g/mol. The van der Waals surface area contributed by atoms with Crippen LogP contribution in [0.15, 0.2) is 42.5 Å². The predicted molar refractivity (Wildman–Crippen MR) is 120 cm³/mol. The van der Waals surface area contributed by atoms with Gasteiger partial charge in [-0.25, -0.2) is 13.8 Å². The molecule has 33 heavy (non-hydrogen) atoms. The Kier molecular flexibility index (Phi) is 7.33. The standard InChI is InChI=1S/C23H22ClFN2O6/c1-12(2)21(22(31)26-16(10-20(29)30)19(28)11-25)33-23(32)27-17-6-4-3-5-14(17)15-9-13(24)7-8-18(15)27/h3-9,12,16,21H,10-11H2,1-2H3,(H,26,31)(H,29,30)/t16?,21-/m0/s1. The summed E-state index contributed by atoms with van der Waals surface area (Å²) in [6, 6.07) is 10.5. The maximum atomic E-state index is 13.2. The number of alkyl halides is 1. The van der Waals surface area contributed by atoms with Crippen molar-refractivity contribution in [2.24, 2.45) is 5.92 Å². The number of carboxylic acid groups (broad SMARTS) is 1. The molecule has 0 aliphatic heterocycles. The van der Waals surface area contributed by atoms with E-state index in [-0.39, 0.29) is 0 Å². The van der Waals surface area contributed by atoms with Crippen LogP contribution in [0.1, 0.15) is 20.3 Å². The summed E-state index contributed by atoms with van der Waals surface area (Å²) in [6.45, 7) is 1.80. The Morgan fingerprint density at radius 2 is 1.76 bits per heavy atom. The van der Waals surface area contributed by atoms with Gasteiger partial charge in [-0.2, -0.15) is 0 Å². The Balaban J connectivity index is 1.93. The Labute approximate surface area is 193 Å². The van der Waals surface area contributed by atoms with E-state index in [9.17, 15) is 23.6 Å². The third-order valence-electron chi connectivity index (χ3n) is 5.12. The average molecular weight is 477 g/mol. The summed E-state index contributed by atoms with van der Waals surface area (Å²) in [5.74, 6) is -3.89. The molecule has 10 heteroatoms. The van der Waals surface area contributed by atoms with Gasteiger partial charge < -0.3 is 15.2 Å². The molecule has 0 bridgehead atoms. The van der Waals surface area contributed by atoms with Crippen molar-refractivity contribution in [3.63, 3.8) is 0 Å². The van der Waals surface area contributed by atoms with Gasteiger partial charge in [0.1, 0.15) is 12.7 Å². The van der Waals surface area contributed by atoms with Crippen molar-refractivity contribution in [2.45, 2.75) is 32.4 Å². The highest BCUT2D eigenvalue weighted by Gasteiger charge is 2.32. The van der Waals surface area contributed by atoms with E-state index in [0.29, 0.717) is 16.1 Å². The minimum absolute atomic E-state index is 0.486. The van der Waals surface area contributed by atoms with Gasteiger partial charge in [0, 0.05) is 15.8 Å². The van der Waals surface area contributed by atoms with Gasteiger partial charge in [-0.3, -0.25) is 14.4 Å². The maximum absolute atomic E-state index is 13.2. The van der Waals surface area contributed by atoms with Crippen LogP contribution in [-0.4, -0.2) is 52.2 Å². The average Bonchev–Trinajstić information content (AvgIpc) is 3.09. The van der Waals surface area contributed by atoms with Crippen LogP contribution in [0.25, 0.3) is 21.8 Å². The minimum Gasteiger partial charge on any atom is -0.481 e. The molecule has 0 radical (unpaired) electrons.